The maximum Gasteiger partial charge on any atom is 0.255 e. The summed E-state index contributed by atoms with van der Waals surface area (Å²) in [6.07, 6.45) is 6.82. The van der Waals surface area contributed by atoms with Gasteiger partial charge in [0.15, 0.2) is 0 Å². The van der Waals surface area contributed by atoms with Crippen molar-refractivity contribution in [1.82, 2.24) is 14.5 Å². The van der Waals surface area contributed by atoms with Crippen LogP contribution in [0.15, 0.2) is 79.5 Å². The van der Waals surface area contributed by atoms with Crippen molar-refractivity contribution in [3.05, 3.63) is 85.1 Å². The van der Waals surface area contributed by atoms with Gasteiger partial charge in [-0.2, -0.15) is 0 Å². The molecule has 0 bridgehead atoms. The molecule has 24 heavy (non-hydrogen) atoms. The first-order valence-electron chi connectivity index (χ1n) is 7.54. The first-order chi connectivity index (χ1) is 11.8. The predicted octanol–water partition coefficient (Wildman–Crippen LogP) is 3.67. The molecular formula is C19H14N4O. The summed E-state index contributed by atoms with van der Waals surface area (Å²) in [5.41, 5.74) is 1.27. The van der Waals surface area contributed by atoms with Crippen LogP contribution in [-0.4, -0.2) is 20.4 Å². The van der Waals surface area contributed by atoms with E-state index in [2.05, 4.69) is 15.3 Å². The minimum absolute atomic E-state index is 0.155. The fourth-order valence-electron chi connectivity index (χ4n) is 2.54. The highest BCUT2D eigenvalue weighted by Crippen LogP contribution is 2.17. The van der Waals surface area contributed by atoms with Gasteiger partial charge in [-0.1, -0.05) is 30.3 Å². The normalized spacial score (nSPS) is 10.7. The lowest BCUT2D eigenvalue weighted by Crippen LogP contribution is -2.12. The van der Waals surface area contributed by atoms with E-state index in [0.717, 1.165) is 16.6 Å². The molecule has 0 saturated heterocycles. The fourth-order valence-corrected chi connectivity index (χ4v) is 2.54. The fraction of sp³-hybridized carbons (Fsp3) is 0. The summed E-state index contributed by atoms with van der Waals surface area (Å²) in [4.78, 5) is 20.7. The molecule has 4 rings (SSSR count). The molecule has 2 heterocycles. The van der Waals surface area contributed by atoms with Crippen LogP contribution in [-0.2, 0) is 0 Å². The van der Waals surface area contributed by atoms with Gasteiger partial charge in [-0.05, 0) is 35.0 Å². The third kappa shape index (κ3) is 2.75. The van der Waals surface area contributed by atoms with Crippen LogP contribution in [0.3, 0.4) is 0 Å². The number of hydrogen-bond acceptors (Lipinski definition) is 3. The zero-order valence-electron chi connectivity index (χ0n) is 12.8. The molecule has 0 radical (unpaired) electrons. The van der Waals surface area contributed by atoms with Gasteiger partial charge < -0.3 is 5.32 Å². The minimum atomic E-state index is -0.155. The number of carbonyl (C=O) groups is 1. The number of anilines is 1. The van der Waals surface area contributed by atoms with Gasteiger partial charge in [-0.15, -0.1) is 0 Å². The van der Waals surface area contributed by atoms with Crippen molar-refractivity contribution in [3.63, 3.8) is 0 Å². The molecular weight excluding hydrogens is 300 g/mol. The Labute approximate surface area is 138 Å². The number of aromatic nitrogens is 3. The molecule has 0 unspecified atom stereocenters. The summed E-state index contributed by atoms with van der Waals surface area (Å²) in [5, 5.41) is 5.02. The van der Waals surface area contributed by atoms with Crippen molar-refractivity contribution in [2.24, 2.45) is 0 Å². The number of amides is 1. The second-order valence-electron chi connectivity index (χ2n) is 5.39. The van der Waals surface area contributed by atoms with E-state index in [-0.39, 0.29) is 5.91 Å². The third-order valence-electron chi connectivity index (χ3n) is 3.79. The molecule has 2 aromatic heterocycles. The molecule has 0 aliphatic heterocycles. The summed E-state index contributed by atoms with van der Waals surface area (Å²) in [5.74, 6) is 0.592. The van der Waals surface area contributed by atoms with Gasteiger partial charge in [0.25, 0.3) is 5.91 Å². The van der Waals surface area contributed by atoms with Crippen molar-refractivity contribution in [2.45, 2.75) is 0 Å². The molecule has 4 aromatic rings. The van der Waals surface area contributed by atoms with Crippen LogP contribution in [0.25, 0.3) is 16.6 Å². The van der Waals surface area contributed by atoms with Gasteiger partial charge >= 0.3 is 0 Å². The lowest BCUT2D eigenvalue weighted by molar-refractivity contribution is 0.102. The number of fused-ring (bicyclic) bond motifs is 1. The Kier molecular flexibility index (Phi) is 3.51. The molecule has 2 aromatic carbocycles. The summed E-state index contributed by atoms with van der Waals surface area (Å²) in [6, 6.07) is 17.3. The lowest BCUT2D eigenvalue weighted by atomic mass is 10.1. The molecule has 116 valence electrons. The molecule has 1 N–H and O–H groups in total. The van der Waals surface area contributed by atoms with Gasteiger partial charge in [0.2, 0.25) is 0 Å². The van der Waals surface area contributed by atoms with Crippen LogP contribution >= 0.6 is 0 Å². The van der Waals surface area contributed by atoms with E-state index in [1.165, 1.54) is 0 Å². The highest BCUT2D eigenvalue weighted by Gasteiger charge is 2.07. The van der Waals surface area contributed by atoms with Gasteiger partial charge in [0.05, 0.1) is 11.9 Å². The van der Waals surface area contributed by atoms with Crippen molar-refractivity contribution >= 4 is 22.4 Å². The van der Waals surface area contributed by atoms with Gasteiger partial charge in [-0.25, -0.2) is 9.97 Å². The van der Waals surface area contributed by atoms with Crippen molar-refractivity contribution < 1.29 is 4.79 Å². The van der Waals surface area contributed by atoms with Gasteiger partial charge in [0.1, 0.15) is 12.1 Å². The highest BCUT2D eigenvalue weighted by molar-refractivity contribution is 6.06. The zero-order valence-corrected chi connectivity index (χ0v) is 12.8. The maximum absolute atomic E-state index is 12.4. The average Bonchev–Trinajstić information content (AvgIpc) is 3.16. The average molecular weight is 314 g/mol. The van der Waals surface area contributed by atoms with Crippen LogP contribution in [0.2, 0.25) is 0 Å². The SMILES string of the molecule is O=C(Nc1ccc(-n2ccnc2)nc1)c1ccc2ccccc2c1. The van der Waals surface area contributed by atoms with E-state index in [0.29, 0.717) is 11.3 Å². The number of nitrogens with one attached hydrogen (secondary N) is 1. The van der Waals surface area contributed by atoms with E-state index in [4.69, 9.17) is 0 Å². The zero-order chi connectivity index (χ0) is 16.4. The number of hydrogen-bond donors (Lipinski definition) is 1. The number of nitrogens with zero attached hydrogens (tertiary/aromatic N) is 3. The monoisotopic (exact) mass is 314 g/mol. The Balaban J connectivity index is 1.54. The molecule has 5 heteroatoms. The van der Waals surface area contributed by atoms with Crippen LogP contribution in [0.5, 0.6) is 0 Å². The summed E-state index contributed by atoms with van der Waals surface area (Å²) < 4.78 is 1.80. The van der Waals surface area contributed by atoms with Gasteiger partial charge in [-0.3, -0.25) is 9.36 Å². The molecule has 0 aliphatic carbocycles. The molecule has 0 atom stereocenters. The Morgan fingerprint density at radius 2 is 1.88 bits per heavy atom. The number of pyridine rings is 1. The molecule has 0 fully saturated rings. The number of benzene rings is 2. The second kappa shape index (κ2) is 5.96. The van der Waals surface area contributed by atoms with Crippen molar-refractivity contribution in [2.75, 3.05) is 5.32 Å². The first kappa shape index (κ1) is 14.1. The highest BCUT2D eigenvalue weighted by atomic mass is 16.1. The Morgan fingerprint density at radius 3 is 2.62 bits per heavy atom. The Morgan fingerprint density at radius 1 is 1.00 bits per heavy atom. The maximum atomic E-state index is 12.4. The summed E-state index contributed by atoms with van der Waals surface area (Å²) in [7, 11) is 0. The number of imidazole rings is 1. The predicted molar refractivity (Wildman–Crippen MR) is 93.3 cm³/mol. The molecule has 0 aliphatic rings. The van der Waals surface area contributed by atoms with Gasteiger partial charge in [0, 0.05) is 18.0 Å². The van der Waals surface area contributed by atoms with E-state index in [1.807, 2.05) is 60.8 Å². The van der Waals surface area contributed by atoms with Crippen LogP contribution in [0.1, 0.15) is 10.4 Å². The number of rotatable bonds is 3. The summed E-state index contributed by atoms with van der Waals surface area (Å²) >= 11 is 0. The lowest BCUT2D eigenvalue weighted by Gasteiger charge is -2.07. The van der Waals surface area contributed by atoms with Crippen LogP contribution < -0.4 is 5.32 Å². The van der Waals surface area contributed by atoms with Crippen molar-refractivity contribution in [3.8, 4) is 5.82 Å². The smallest absolute Gasteiger partial charge is 0.255 e. The molecule has 0 saturated carbocycles. The third-order valence-corrected chi connectivity index (χ3v) is 3.79. The number of carbonyl (C=O) groups excluding carboxylic acids is 1. The minimum Gasteiger partial charge on any atom is -0.321 e. The van der Waals surface area contributed by atoms with E-state index < -0.39 is 0 Å². The largest absolute Gasteiger partial charge is 0.321 e. The quantitative estimate of drug-likeness (QED) is 0.627. The Bertz CT molecular complexity index is 992. The van der Waals surface area contributed by atoms with Crippen LogP contribution in [0.4, 0.5) is 5.69 Å². The van der Waals surface area contributed by atoms with E-state index in [9.17, 15) is 4.79 Å². The van der Waals surface area contributed by atoms with Crippen molar-refractivity contribution in [1.29, 1.82) is 0 Å². The van der Waals surface area contributed by atoms with Crippen LogP contribution in [0, 0.1) is 0 Å². The first-order valence-corrected chi connectivity index (χ1v) is 7.54. The molecule has 0 spiro atoms. The topological polar surface area (TPSA) is 59.8 Å². The molecule has 5 nitrogen and oxygen atoms in total. The second-order valence-corrected chi connectivity index (χ2v) is 5.39. The standard InChI is InChI=1S/C19H14N4O/c24-19(16-6-5-14-3-1-2-4-15(14)11-16)22-17-7-8-18(21-12-17)23-10-9-20-13-23/h1-13H,(H,22,24). The van der Waals surface area contributed by atoms with E-state index >= 15 is 0 Å². The summed E-state index contributed by atoms with van der Waals surface area (Å²) in [6.45, 7) is 0. The van der Waals surface area contributed by atoms with E-state index in [1.54, 1.807) is 23.3 Å². The Hall–Kier alpha value is -3.47. The molecule has 1 amide bonds.